The van der Waals surface area contributed by atoms with E-state index in [1.165, 1.54) is 23.1 Å². The lowest BCUT2D eigenvalue weighted by atomic mass is 10.2. The Morgan fingerprint density at radius 1 is 1.17 bits per heavy atom. The molecular formula is C17H14N2O3S2. The summed E-state index contributed by atoms with van der Waals surface area (Å²) >= 11 is 2.92. The van der Waals surface area contributed by atoms with E-state index in [0.717, 1.165) is 14.6 Å². The van der Waals surface area contributed by atoms with Crippen LogP contribution in [-0.4, -0.2) is 27.7 Å². The smallest absolute Gasteiger partial charge is 0.304 e. The largest absolute Gasteiger partial charge is 0.481 e. The third-order valence-corrected chi connectivity index (χ3v) is 5.37. The number of carbonyl (C=O) groups excluding carboxylic acids is 1. The van der Waals surface area contributed by atoms with E-state index in [2.05, 4.69) is 10.3 Å². The van der Waals surface area contributed by atoms with E-state index in [-0.39, 0.29) is 12.3 Å². The molecular weight excluding hydrogens is 344 g/mol. The van der Waals surface area contributed by atoms with Crippen molar-refractivity contribution < 1.29 is 14.7 Å². The molecule has 0 unspecified atom stereocenters. The van der Waals surface area contributed by atoms with Crippen LogP contribution in [0.3, 0.4) is 0 Å². The number of nitrogens with zero attached hydrogens (tertiary/aromatic N) is 1. The molecule has 0 spiro atoms. The van der Waals surface area contributed by atoms with Crippen LogP contribution in [0.25, 0.3) is 10.2 Å². The highest BCUT2D eigenvalue weighted by Gasteiger charge is 2.09. The Balaban J connectivity index is 1.71. The third-order valence-electron chi connectivity index (χ3n) is 3.20. The molecule has 0 saturated carbocycles. The lowest BCUT2D eigenvalue weighted by Crippen LogP contribution is -2.11. The molecule has 0 atom stereocenters. The van der Waals surface area contributed by atoms with Gasteiger partial charge in [0.2, 0.25) is 0 Å². The summed E-state index contributed by atoms with van der Waals surface area (Å²) < 4.78 is 1.79. The average Bonchev–Trinajstić information content (AvgIpc) is 2.97. The first kappa shape index (κ1) is 16.5. The van der Waals surface area contributed by atoms with Crippen molar-refractivity contribution in [3.05, 3.63) is 54.1 Å². The Bertz CT molecular complexity index is 878. The molecule has 0 aliphatic heterocycles. The summed E-state index contributed by atoms with van der Waals surface area (Å²) in [6.07, 6.45) is 0.110. The van der Waals surface area contributed by atoms with Gasteiger partial charge in [-0.05, 0) is 30.3 Å². The van der Waals surface area contributed by atoms with Crippen LogP contribution in [0.5, 0.6) is 0 Å². The topological polar surface area (TPSA) is 79.3 Å². The van der Waals surface area contributed by atoms with Gasteiger partial charge in [-0.25, -0.2) is 4.98 Å². The first-order chi connectivity index (χ1) is 11.6. The molecule has 2 N–H and O–H groups in total. The number of hydrogen-bond acceptors (Lipinski definition) is 5. The van der Waals surface area contributed by atoms with Crippen LogP contribution >= 0.6 is 23.1 Å². The average molecular weight is 358 g/mol. The summed E-state index contributed by atoms with van der Waals surface area (Å²) in [5.41, 5.74) is 2.16. The van der Waals surface area contributed by atoms with E-state index in [0.29, 0.717) is 17.0 Å². The summed E-state index contributed by atoms with van der Waals surface area (Å²) in [6, 6.07) is 14.6. The fourth-order valence-electron chi connectivity index (χ4n) is 2.06. The molecule has 24 heavy (non-hydrogen) atoms. The fourth-order valence-corrected chi connectivity index (χ4v) is 4.17. The van der Waals surface area contributed by atoms with Gasteiger partial charge in [0.15, 0.2) is 4.34 Å². The minimum Gasteiger partial charge on any atom is -0.481 e. The highest BCUT2D eigenvalue weighted by molar-refractivity contribution is 8.01. The van der Waals surface area contributed by atoms with Gasteiger partial charge in [-0.2, -0.15) is 0 Å². The van der Waals surface area contributed by atoms with Gasteiger partial charge in [0, 0.05) is 17.0 Å². The van der Waals surface area contributed by atoms with Crippen molar-refractivity contribution in [1.29, 1.82) is 0 Å². The van der Waals surface area contributed by atoms with Crippen LogP contribution in [0.15, 0.2) is 52.9 Å². The monoisotopic (exact) mass is 358 g/mol. The van der Waals surface area contributed by atoms with Crippen molar-refractivity contribution in [2.75, 3.05) is 11.1 Å². The molecule has 0 radical (unpaired) electrons. The lowest BCUT2D eigenvalue weighted by Gasteiger charge is -2.04. The van der Waals surface area contributed by atoms with Crippen molar-refractivity contribution in [3.63, 3.8) is 0 Å². The summed E-state index contributed by atoms with van der Waals surface area (Å²) in [7, 11) is 0. The lowest BCUT2D eigenvalue weighted by molar-refractivity contribution is -0.136. The van der Waals surface area contributed by atoms with Gasteiger partial charge in [0.25, 0.3) is 5.91 Å². The Morgan fingerprint density at radius 3 is 2.71 bits per heavy atom. The zero-order chi connectivity index (χ0) is 16.9. The number of rotatable bonds is 6. The van der Waals surface area contributed by atoms with Crippen molar-refractivity contribution >= 4 is 50.9 Å². The molecule has 0 fully saturated rings. The Morgan fingerprint density at radius 2 is 1.96 bits per heavy atom. The van der Waals surface area contributed by atoms with E-state index in [1.54, 1.807) is 12.1 Å². The van der Waals surface area contributed by atoms with Crippen molar-refractivity contribution in [2.45, 2.75) is 10.8 Å². The normalized spacial score (nSPS) is 10.7. The zero-order valence-electron chi connectivity index (χ0n) is 12.6. The van der Waals surface area contributed by atoms with Gasteiger partial charge in [0.05, 0.1) is 16.6 Å². The van der Waals surface area contributed by atoms with Gasteiger partial charge < -0.3 is 10.4 Å². The maximum absolute atomic E-state index is 12.2. The predicted octanol–water partition coefficient (Wildman–Crippen LogP) is 4.12. The van der Waals surface area contributed by atoms with Crippen LogP contribution in [0, 0.1) is 0 Å². The first-order valence-electron chi connectivity index (χ1n) is 7.23. The Kier molecular flexibility index (Phi) is 5.12. The number of aliphatic carboxylic acids is 1. The standard InChI is InChI=1S/C17H14N2O3S2/c20-15(21)8-9-23-17-19-13-7-6-12(10-14(13)24-17)18-16(22)11-4-2-1-3-5-11/h1-7,10H,8-9H2,(H,18,22)(H,20,21). The number of carbonyl (C=O) groups is 2. The molecule has 1 aromatic heterocycles. The predicted molar refractivity (Wildman–Crippen MR) is 97.0 cm³/mol. The second-order valence-corrected chi connectivity index (χ2v) is 7.35. The summed E-state index contributed by atoms with van der Waals surface area (Å²) in [6.45, 7) is 0. The highest BCUT2D eigenvalue weighted by Crippen LogP contribution is 2.31. The molecule has 0 saturated heterocycles. The van der Waals surface area contributed by atoms with Gasteiger partial charge >= 0.3 is 5.97 Å². The van der Waals surface area contributed by atoms with Crippen LogP contribution in [0.4, 0.5) is 5.69 Å². The number of fused-ring (bicyclic) bond motifs is 1. The summed E-state index contributed by atoms with van der Waals surface area (Å²) in [5, 5.41) is 11.5. The van der Waals surface area contributed by atoms with E-state index < -0.39 is 5.97 Å². The maximum atomic E-state index is 12.2. The van der Waals surface area contributed by atoms with Crippen LogP contribution in [0.1, 0.15) is 16.8 Å². The number of thiazole rings is 1. The molecule has 0 aliphatic carbocycles. The Labute approximate surface area is 146 Å². The van der Waals surface area contributed by atoms with E-state index >= 15 is 0 Å². The second-order valence-electron chi connectivity index (χ2n) is 4.97. The van der Waals surface area contributed by atoms with Gasteiger partial charge in [0.1, 0.15) is 0 Å². The van der Waals surface area contributed by atoms with Gasteiger partial charge in [-0.1, -0.05) is 30.0 Å². The van der Waals surface area contributed by atoms with Gasteiger partial charge in [-0.15, -0.1) is 11.3 Å². The number of carboxylic acids is 1. The van der Waals surface area contributed by atoms with Crippen LogP contribution < -0.4 is 5.32 Å². The molecule has 0 bridgehead atoms. The van der Waals surface area contributed by atoms with Crippen LogP contribution in [0.2, 0.25) is 0 Å². The maximum Gasteiger partial charge on any atom is 0.304 e. The summed E-state index contributed by atoms with van der Waals surface area (Å²) in [4.78, 5) is 27.2. The molecule has 0 aliphatic rings. The van der Waals surface area contributed by atoms with E-state index in [9.17, 15) is 9.59 Å². The minimum absolute atomic E-state index is 0.110. The number of benzene rings is 2. The molecule has 3 rings (SSSR count). The number of thioether (sulfide) groups is 1. The number of carboxylic acid groups (broad SMARTS) is 1. The minimum atomic E-state index is -0.811. The first-order valence-corrected chi connectivity index (χ1v) is 9.03. The SMILES string of the molecule is O=C(O)CCSc1nc2ccc(NC(=O)c3ccccc3)cc2s1. The molecule has 2 aromatic carbocycles. The van der Waals surface area contributed by atoms with E-state index in [4.69, 9.17) is 5.11 Å². The fraction of sp³-hybridized carbons (Fsp3) is 0.118. The quantitative estimate of drug-likeness (QED) is 0.648. The highest BCUT2D eigenvalue weighted by atomic mass is 32.2. The van der Waals surface area contributed by atoms with Crippen LogP contribution in [-0.2, 0) is 4.79 Å². The number of amides is 1. The Hall–Kier alpha value is -2.38. The second kappa shape index (κ2) is 7.46. The number of aromatic nitrogens is 1. The molecule has 3 aromatic rings. The van der Waals surface area contributed by atoms with Crippen molar-refractivity contribution in [3.8, 4) is 0 Å². The number of anilines is 1. The van der Waals surface area contributed by atoms with Crippen molar-refractivity contribution in [1.82, 2.24) is 4.98 Å². The van der Waals surface area contributed by atoms with E-state index in [1.807, 2.05) is 36.4 Å². The molecule has 5 nitrogen and oxygen atoms in total. The number of nitrogens with one attached hydrogen (secondary N) is 1. The molecule has 1 heterocycles. The molecule has 122 valence electrons. The number of hydrogen-bond donors (Lipinski definition) is 2. The summed E-state index contributed by atoms with van der Waals surface area (Å²) in [5.74, 6) is -0.475. The third kappa shape index (κ3) is 4.12. The zero-order valence-corrected chi connectivity index (χ0v) is 14.2. The molecule has 7 heteroatoms. The van der Waals surface area contributed by atoms with Crippen molar-refractivity contribution in [2.24, 2.45) is 0 Å². The van der Waals surface area contributed by atoms with Gasteiger partial charge in [-0.3, -0.25) is 9.59 Å². The molecule has 1 amide bonds.